The van der Waals surface area contributed by atoms with E-state index in [-0.39, 0.29) is 12.3 Å². The monoisotopic (exact) mass is 218 g/mol. The van der Waals surface area contributed by atoms with Crippen molar-refractivity contribution in [3.8, 4) is 0 Å². The summed E-state index contributed by atoms with van der Waals surface area (Å²) in [7, 11) is 0. The van der Waals surface area contributed by atoms with E-state index in [4.69, 9.17) is 5.11 Å². The molecule has 0 saturated carbocycles. The van der Waals surface area contributed by atoms with Gasteiger partial charge in [0.15, 0.2) is 0 Å². The predicted molar refractivity (Wildman–Crippen MR) is 60.6 cm³/mol. The summed E-state index contributed by atoms with van der Waals surface area (Å²) < 4.78 is 1.93. The van der Waals surface area contributed by atoms with Crippen LogP contribution in [0.15, 0.2) is 24.7 Å². The van der Waals surface area contributed by atoms with Crippen LogP contribution in [0.1, 0.15) is 30.5 Å². The molecular formula is C12H14N2O2. The number of carboxylic acid groups (broad SMARTS) is 1. The van der Waals surface area contributed by atoms with Gasteiger partial charge >= 0.3 is 5.97 Å². The molecule has 1 unspecified atom stereocenters. The number of aliphatic carboxylic acids is 1. The lowest BCUT2D eigenvalue weighted by Gasteiger charge is -2.09. The normalized spacial score (nSPS) is 12.9. The van der Waals surface area contributed by atoms with E-state index < -0.39 is 5.97 Å². The number of carbonyl (C=O) groups is 1. The molecule has 0 aliphatic carbocycles. The van der Waals surface area contributed by atoms with Crippen LogP contribution in [0.25, 0.3) is 5.52 Å². The fourth-order valence-corrected chi connectivity index (χ4v) is 1.82. The molecule has 0 aliphatic rings. The second kappa shape index (κ2) is 3.96. The first-order valence-corrected chi connectivity index (χ1v) is 5.23. The lowest BCUT2D eigenvalue weighted by molar-refractivity contribution is -0.137. The predicted octanol–water partition coefficient (Wildman–Crippen LogP) is 2.22. The molecule has 0 amide bonds. The Labute approximate surface area is 93.5 Å². The summed E-state index contributed by atoms with van der Waals surface area (Å²) in [4.78, 5) is 14.8. The van der Waals surface area contributed by atoms with E-state index in [9.17, 15) is 4.79 Å². The molecule has 2 aromatic rings. The summed E-state index contributed by atoms with van der Waals surface area (Å²) in [5.41, 5.74) is 3.07. The summed E-state index contributed by atoms with van der Waals surface area (Å²) in [6.07, 6.45) is 3.85. The van der Waals surface area contributed by atoms with E-state index in [1.807, 2.05) is 36.6 Å². The van der Waals surface area contributed by atoms with Crippen LogP contribution < -0.4 is 0 Å². The minimum absolute atomic E-state index is 0.0182. The van der Waals surface area contributed by atoms with Gasteiger partial charge in [-0.1, -0.05) is 13.0 Å². The van der Waals surface area contributed by atoms with Crippen molar-refractivity contribution >= 4 is 11.5 Å². The SMILES string of the molecule is Cc1ncn2cc(C(C)CC(=O)O)ccc12. The quantitative estimate of drug-likeness (QED) is 0.859. The van der Waals surface area contributed by atoms with E-state index in [1.54, 1.807) is 6.33 Å². The third-order valence-electron chi connectivity index (χ3n) is 2.80. The second-order valence-electron chi connectivity index (χ2n) is 4.08. The van der Waals surface area contributed by atoms with Gasteiger partial charge in [0.2, 0.25) is 0 Å². The Morgan fingerprint density at radius 1 is 1.56 bits per heavy atom. The van der Waals surface area contributed by atoms with E-state index >= 15 is 0 Å². The van der Waals surface area contributed by atoms with Crippen LogP contribution in [0.4, 0.5) is 0 Å². The third kappa shape index (κ3) is 1.91. The number of imidazole rings is 1. The van der Waals surface area contributed by atoms with Crippen LogP contribution in [-0.4, -0.2) is 20.5 Å². The largest absolute Gasteiger partial charge is 0.481 e. The summed E-state index contributed by atoms with van der Waals surface area (Å²) in [5.74, 6) is -0.751. The molecule has 0 saturated heterocycles. The number of aryl methyl sites for hydroxylation is 1. The Morgan fingerprint density at radius 3 is 3.00 bits per heavy atom. The molecule has 0 aromatic carbocycles. The molecule has 1 atom stereocenters. The zero-order valence-electron chi connectivity index (χ0n) is 9.34. The number of carboxylic acids is 1. The highest BCUT2D eigenvalue weighted by atomic mass is 16.4. The first-order valence-electron chi connectivity index (χ1n) is 5.23. The van der Waals surface area contributed by atoms with Crippen molar-refractivity contribution in [2.75, 3.05) is 0 Å². The minimum Gasteiger partial charge on any atom is -0.481 e. The van der Waals surface area contributed by atoms with Crippen LogP contribution >= 0.6 is 0 Å². The van der Waals surface area contributed by atoms with Crippen LogP contribution in [0, 0.1) is 6.92 Å². The molecule has 84 valence electrons. The van der Waals surface area contributed by atoms with E-state index in [0.29, 0.717) is 0 Å². The van der Waals surface area contributed by atoms with Crippen molar-refractivity contribution in [2.24, 2.45) is 0 Å². The Kier molecular flexibility index (Phi) is 2.64. The van der Waals surface area contributed by atoms with Gasteiger partial charge in [-0.25, -0.2) is 4.98 Å². The second-order valence-corrected chi connectivity index (χ2v) is 4.08. The number of aromatic nitrogens is 2. The molecule has 0 fully saturated rings. The molecule has 0 aliphatic heterocycles. The summed E-state index contributed by atoms with van der Waals surface area (Å²) in [6, 6.07) is 3.95. The Morgan fingerprint density at radius 2 is 2.31 bits per heavy atom. The molecule has 0 spiro atoms. The third-order valence-corrected chi connectivity index (χ3v) is 2.80. The van der Waals surface area contributed by atoms with Crippen molar-refractivity contribution in [1.82, 2.24) is 9.38 Å². The highest BCUT2D eigenvalue weighted by Crippen LogP contribution is 2.20. The first-order chi connectivity index (χ1) is 7.58. The van der Waals surface area contributed by atoms with Gasteiger partial charge < -0.3 is 9.51 Å². The molecule has 4 heteroatoms. The Balaban J connectivity index is 2.35. The molecule has 2 rings (SSSR count). The maximum absolute atomic E-state index is 10.6. The number of rotatable bonds is 3. The van der Waals surface area contributed by atoms with Crippen molar-refractivity contribution in [1.29, 1.82) is 0 Å². The Hall–Kier alpha value is -1.84. The average Bonchev–Trinajstić information content (AvgIpc) is 2.59. The maximum atomic E-state index is 10.6. The van der Waals surface area contributed by atoms with Crippen LogP contribution in [-0.2, 0) is 4.79 Å². The maximum Gasteiger partial charge on any atom is 0.303 e. The van der Waals surface area contributed by atoms with Gasteiger partial charge in [-0.05, 0) is 24.5 Å². The van der Waals surface area contributed by atoms with Crippen LogP contribution in [0.5, 0.6) is 0 Å². The van der Waals surface area contributed by atoms with Crippen molar-refractivity contribution in [3.05, 3.63) is 35.9 Å². The molecular weight excluding hydrogens is 204 g/mol. The fraction of sp³-hybridized carbons (Fsp3) is 0.333. The van der Waals surface area contributed by atoms with Gasteiger partial charge in [-0.15, -0.1) is 0 Å². The van der Waals surface area contributed by atoms with Gasteiger partial charge in [-0.3, -0.25) is 4.79 Å². The minimum atomic E-state index is -0.769. The fourth-order valence-electron chi connectivity index (χ4n) is 1.82. The first kappa shape index (κ1) is 10.7. The van der Waals surface area contributed by atoms with Gasteiger partial charge in [0.1, 0.15) is 0 Å². The van der Waals surface area contributed by atoms with E-state index in [1.165, 1.54) is 0 Å². The van der Waals surface area contributed by atoms with E-state index in [2.05, 4.69) is 4.98 Å². The molecule has 2 aromatic heterocycles. The van der Waals surface area contributed by atoms with Gasteiger partial charge in [0.05, 0.1) is 24.0 Å². The van der Waals surface area contributed by atoms with Crippen LogP contribution in [0.2, 0.25) is 0 Å². The average molecular weight is 218 g/mol. The number of hydrogen-bond acceptors (Lipinski definition) is 2. The lowest BCUT2D eigenvalue weighted by Crippen LogP contribution is -2.03. The number of hydrogen-bond donors (Lipinski definition) is 1. The zero-order valence-corrected chi connectivity index (χ0v) is 9.34. The Bertz CT molecular complexity index is 531. The van der Waals surface area contributed by atoms with Crippen molar-refractivity contribution in [2.45, 2.75) is 26.2 Å². The topological polar surface area (TPSA) is 54.6 Å². The smallest absolute Gasteiger partial charge is 0.303 e. The van der Waals surface area contributed by atoms with Crippen molar-refractivity contribution in [3.63, 3.8) is 0 Å². The molecule has 16 heavy (non-hydrogen) atoms. The van der Waals surface area contributed by atoms with Gasteiger partial charge in [0, 0.05) is 6.20 Å². The number of fused-ring (bicyclic) bond motifs is 1. The number of nitrogens with zero attached hydrogens (tertiary/aromatic N) is 2. The molecule has 1 N–H and O–H groups in total. The summed E-state index contributed by atoms with van der Waals surface area (Å²) >= 11 is 0. The summed E-state index contributed by atoms with van der Waals surface area (Å²) in [5, 5.41) is 8.74. The van der Waals surface area contributed by atoms with E-state index in [0.717, 1.165) is 16.8 Å². The van der Waals surface area contributed by atoms with Crippen LogP contribution in [0.3, 0.4) is 0 Å². The molecule has 2 heterocycles. The van der Waals surface area contributed by atoms with Gasteiger partial charge in [0.25, 0.3) is 0 Å². The summed E-state index contributed by atoms with van der Waals surface area (Å²) in [6.45, 7) is 3.87. The lowest BCUT2D eigenvalue weighted by atomic mass is 9.99. The molecule has 4 nitrogen and oxygen atoms in total. The molecule has 0 radical (unpaired) electrons. The highest BCUT2D eigenvalue weighted by molar-refractivity contribution is 5.68. The molecule has 0 bridgehead atoms. The highest BCUT2D eigenvalue weighted by Gasteiger charge is 2.11. The number of pyridine rings is 1. The van der Waals surface area contributed by atoms with Gasteiger partial charge in [-0.2, -0.15) is 0 Å². The zero-order chi connectivity index (χ0) is 11.7. The standard InChI is InChI=1S/C12H14N2O2/c1-8(5-12(15)16)10-3-4-11-9(2)13-7-14(11)6-10/h3-4,6-8H,5H2,1-2H3,(H,15,16). The van der Waals surface area contributed by atoms with Crippen molar-refractivity contribution < 1.29 is 9.90 Å².